The molecule has 1 aromatic heterocycles. The molecule has 0 aliphatic carbocycles. The van der Waals surface area contributed by atoms with Gasteiger partial charge in [0.2, 0.25) is 6.10 Å². The van der Waals surface area contributed by atoms with Crippen LogP contribution < -0.4 is 15.6 Å². The topological polar surface area (TPSA) is 120 Å². The summed E-state index contributed by atoms with van der Waals surface area (Å²) in [5.41, 5.74) is 2.14. The molecule has 2 N–H and O–H groups in total. The van der Waals surface area contributed by atoms with Crippen LogP contribution in [0.4, 0.5) is 10.5 Å². The van der Waals surface area contributed by atoms with Crippen LogP contribution >= 0.6 is 0 Å². The van der Waals surface area contributed by atoms with Crippen LogP contribution in [0, 0.1) is 0 Å². The Morgan fingerprint density at radius 2 is 1.79 bits per heavy atom. The first-order chi connectivity index (χ1) is 18.4. The zero-order chi connectivity index (χ0) is 27.1. The van der Waals surface area contributed by atoms with E-state index in [-0.39, 0.29) is 12.1 Å². The molecular weight excluding hydrogens is 486 g/mol. The number of fused-ring (bicyclic) bond motifs is 1. The van der Waals surface area contributed by atoms with Crippen molar-refractivity contribution in [3.05, 3.63) is 100 Å². The van der Waals surface area contributed by atoms with Crippen LogP contribution in [0.5, 0.6) is 5.75 Å². The Morgan fingerprint density at radius 1 is 1.05 bits per heavy atom. The minimum atomic E-state index is -1.14. The molecule has 0 bridgehead atoms. The van der Waals surface area contributed by atoms with Gasteiger partial charge in [-0.05, 0) is 42.3 Å². The number of rotatable bonds is 10. The number of aromatic nitrogens is 2. The molecule has 9 nitrogen and oxygen atoms in total. The minimum absolute atomic E-state index is 0.218. The molecule has 1 atom stereocenters. The number of aliphatic carboxylic acids is 1. The van der Waals surface area contributed by atoms with Gasteiger partial charge in [0.25, 0.3) is 5.56 Å². The van der Waals surface area contributed by atoms with Gasteiger partial charge in [0.05, 0.1) is 24.6 Å². The van der Waals surface area contributed by atoms with Gasteiger partial charge in [-0.1, -0.05) is 55.8 Å². The molecular formula is C29H29N3O6. The number of benzene rings is 3. The number of carbonyl (C=O) groups is 2. The van der Waals surface area contributed by atoms with Crippen molar-refractivity contribution in [2.45, 2.75) is 38.8 Å². The Morgan fingerprint density at radius 3 is 2.45 bits per heavy atom. The zero-order valence-corrected chi connectivity index (χ0v) is 21.2. The Hall–Kier alpha value is -4.66. The van der Waals surface area contributed by atoms with Gasteiger partial charge in [-0.15, -0.1) is 0 Å². The summed E-state index contributed by atoms with van der Waals surface area (Å²) in [6.45, 7) is 2.35. The van der Waals surface area contributed by atoms with E-state index in [9.17, 15) is 19.5 Å². The molecule has 0 aliphatic heterocycles. The zero-order valence-electron chi connectivity index (χ0n) is 21.2. The third kappa shape index (κ3) is 6.18. The van der Waals surface area contributed by atoms with Crippen molar-refractivity contribution in [3.63, 3.8) is 0 Å². The minimum Gasteiger partial charge on any atom is -0.478 e. The molecule has 0 saturated heterocycles. The number of methoxy groups -OCH3 is 1. The average molecular weight is 516 g/mol. The number of nitrogens with zero attached hydrogens (tertiary/aromatic N) is 2. The lowest BCUT2D eigenvalue weighted by molar-refractivity contribution is -0.145. The Kier molecular flexibility index (Phi) is 8.37. The molecule has 0 saturated carbocycles. The molecule has 9 heteroatoms. The number of aryl methyl sites for hydroxylation is 1. The lowest BCUT2D eigenvalue weighted by Gasteiger charge is -2.17. The maximum absolute atomic E-state index is 13.6. The van der Waals surface area contributed by atoms with E-state index in [1.54, 1.807) is 71.3 Å². The predicted molar refractivity (Wildman–Crippen MR) is 144 cm³/mol. The van der Waals surface area contributed by atoms with E-state index in [1.165, 1.54) is 7.11 Å². The molecule has 1 heterocycles. The largest absolute Gasteiger partial charge is 0.478 e. The highest BCUT2D eigenvalue weighted by molar-refractivity contribution is 5.89. The third-order valence-corrected chi connectivity index (χ3v) is 6.06. The van der Waals surface area contributed by atoms with Crippen molar-refractivity contribution >= 4 is 28.7 Å². The summed E-state index contributed by atoms with van der Waals surface area (Å²) < 4.78 is 12.0. The molecule has 3 aromatic carbocycles. The molecule has 4 aromatic rings. The first-order valence-electron chi connectivity index (χ1n) is 12.3. The summed E-state index contributed by atoms with van der Waals surface area (Å²) in [7, 11) is 1.27. The standard InChI is InChI=1S/C29H29N3O6/c1-3-4-10-25-31-24-16-13-21(30-29(36)37-2)17-23(24)27(33)32(25)18-19-11-14-22(15-12-19)38-26(28(34)35)20-8-6-5-7-9-20/h5-9,11-17,26H,3-4,10,18H2,1-2H3,(H,30,36)(H,34,35). The van der Waals surface area contributed by atoms with Gasteiger partial charge in [0.15, 0.2) is 0 Å². The SMILES string of the molecule is CCCCc1nc2ccc(NC(=O)OC)cc2c(=O)n1Cc1ccc(OC(C(=O)O)c2ccccc2)cc1. The number of anilines is 1. The number of unbranched alkanes of at least 4 members (excludes halogenated alkanes) is 1. The molecule has 0 spiro atoms. The van der Waals surface area contributed by atoms with E-state index < -0.39 is 18.2 Å². The lowest BCUT2D eigenvalue weighted by Crippen LogP contribution is -2.26. The highest BCUT2D eigenvalue weighted by Gasteiger charge is 2.21. The van der Waals surface area contributed by atoms with Gasteiger partial charge in [-0.25, -0.2) is 14.6 Å². The normalized spacial score (nSPS) is 11.6. The van der Waals surface area contributed by atoms with Gasteiger partial charge in [-0.2, -0.15) is 0 Å². The summed E-state index contributed by atoms with van der Waals surface area (Å²) in [5.74, 6) is -0.0113. The van der Waals surface area contributed by atoms with Crippen molar-refractivity contribution in [1.29, 1.82) is 0 Å². The number of ether oxygens (including phenoxy) is 2. The summed E-state index contributed by atoms with van der Waals surface area (Å²) in [6, 6.07) is 20.7. The van der Waals surface area contributed by atoms with E-state index >= 15 is 0 Å². The molecule has 1 unspecified atom stereocenters. The number of carboxylic acids is 1. The van der Waals surface area contributed by atoms with Crippen LogP contribution in [0.2, 0.25) is 0 Å². The third-order valence-electron chi connectivity index (χ3n) is 6.06. The second-order valence-corrected chi connectivity index (χ2v) is 8.76. The lowest BCUT2D eigenvalue weighted by atomic mass is 10.1. The second-order valence-electron chi connectivity index (χ2n) is 8.76. The van der Waals surface area contributed by atoms with Gasteiger partial charge < -0.3 is 14.6 Å². The number of carboxylic acid groups (broad SMARTS) is 1. The highest BCUT2D eigenvalue weighted by atomic mass is 16.5. The summed E-state index contributed by atoms with van der Waals surface area (Å²) in [5, 5.41) is 12.6. The van der Waals surface area contributed by atoms with Crippen LogP contribution in [0.3, 0.4) is 0 Å². The fraction of sp³-hybridized carbons (Fsp3) is 0.241. The summed E-state index contributed by atoms with van der Waals surface area (Å²) >= 11 is 0. The first-order valence-corrected chi connectivity index (χ1v) is 12.3. The molecule has 1 amide bonds. The maximum atomic E-state index is 13.6. The van der Waals surface area contributed by atoms with Gasteiger partial charge >= 0.3 is 12.1 Å². The fourth-order valence-electron chi connectivity index (χ4n) is 4.08. The van der Waals surface area contributed by atoms with E-state index in [0.717, 1.165) is 18.4 Å². The van der Waals surface area contributed by atoms with E-state index in [2.05, 4.69) is 17.0 Å². The average Bonchev–Trinajstić information content (AvgIpc) is 2.93. The highest BCUT2D eigenvalue weighted by Crippen LogP contribution is 2.23. The molecule has 0 radical (unpaired) electrons. The quantitative estimate of drug-likeness (QED) is 0.299. The van der Waals surface area contributed by atoms with E-state index in [1.807, 2.05) is 6.07 Å². The van der Waals surface area contributed by atoms with Crippen LogP contribution in [0.1, 0.15) is 42.8 Å². The number of amides is 1. The van der Waals surface area contributed by atoms with E-state index in [0.29, 0.717) is 40.1 Å². The number of carbonyl (C=O) groups excluding carboxylic acids is 1. The van der Waals surface area contributed by atoms with Crippen molar-refractivity contribution in [2.24, 2.45) is 0 Å². The fourth-order valence-corrected chi connectivity index (χ4v) is 4.08. The monoisotopic (exact) mass is 515 g/mol. The van der Waals surface area contributed by atoms with E-state index in [4.69, 9.17) is 9.72 Å². The first kappa shape index (κ1) is 26.4. The number of nitrogens with one attached hydrogen (secondary N) is 1. The Labute approximate surface area is 219 Å². The van der Waals surface area contributed by atoms with Crippen LogP contribution in [0.25, 0.3) is 10.9 Å². The van der Waals surface area contributed by atoms with Crippen molar-refractivity contribution in [3.8, 4) is 5.75 Å². The van der Waals surface area contributed by atoms with Crippen molar-refractivity contribution < 1.29 is 24.2 Å². The molecule has 38 heavy (non-hydrogen) atoms. The number of hydrogen-bond acceptors (Lipinski definition) is 6. The second kappa shape index (κ2) is 12.1. The van der Waals surface area contributed by atoms with Crippen molar-refractivity contribution in [2.75, 3.05) is 12.4 Å². The summed E-state index contributed by atoms with van der Waals surface area (Å²) in [6.07, 6.45) is 0.707. The molecule has 0 fully saturated rings. The van der Waals surface area contributed by atoms with Gasteiger partial charge in [0, 0.05) is 17.7 Å². The predicted octanol–water partition coefficient (Wildman–Crippen LogP) is 5.17. The van der Waals surface area contributed by atoms with Crippen LogP contribution in [-0.2, 0) is 22.5 Å². The van der Waals surface area contributed by atoms with Crippen LogP contribution in [-0.4, -0.2) is 33.8 Å². The smallest absolute Gasteiger partial charge is 0.411 e. The maximum Gasteiger partial charge on any atom is 0.411 e. The Balaban J connectivity index is 1.63. The van der Waals surface area contributed by atoms with Crippen molar-refractivity contribution in [1.82, 2.24) is 9.55 Å². The molecule has 4 rings (SSSR count). The number of hydrogen-bond donors (Lipinski definition) is 2. The van der Waals surface area contributed by atoms with Crippen LogP contribution in [0.15, 0.2) is 77.6 Å². The molecule has 196 valence electrons. The summed E-state index contributed by atoms with van der Waals surface area (Å²) in [4.78, 5) is 41.7. The van der Waals surface area contributed by atoms with Gasteiger partial charge in [-0.3, -0.25) is 14.7 Å². The van der Waals surface area contributed by atoms with Gasteiger partial charge in [0.1, 0.15) is 11.6 Å². The molecule has 0 aliphatic rings. The Bertz CT molecular complexity index is 1480.